The van der Waals surface area contributed by atoms with Gasteiger partial charge in [-0.05, 0) is 13.3 Å². The molecule has 0 saturated heterocycles. The van der Waals surface area contributed by atoms with Crippen molar-refractivity contribution in [2.45, 2.75) is 78.1 Å². The quantitative estimate of drug-likeness (QED) is 0.296. The maximum absolute atomic E-state index is 11.2. The summed E-state index contributed by atoms with van der Waals surface area (Å²) >= 11 is 0. The van der Waals surface area contributed by atoms with Crippen molar-refractivity contribution in [3.63, 3.8) is 0 Å². The van der Waals surface area contributed by atoms with E-state index in [1.807, 2.05) is 0 Å². The summed E-state index contributed by atoms with van der Waals surface area (Å²) in [5.41, 5.74) is 0. The molecule has 0 aliphatic carbocycles. The minimum atomic E-state index is -3.24. The molecule has 0 rings (SSSR count). The van der Waals surface area contributed by atoms with Crippen LogP contribution in [0, 0.1) is 0 Å². The molecule has 112 valence electrons. The van der Waals surface area contributed by atoms with Gasteiger partial charge in [-0.25, -0.2) is 0 Å². The van der Waals surface area contributed by atoms with Crippen molar-refractivity contribution >= 4 is 39.7 Å². The Morgan fingerprint density at radius 2 is 1.16 bits per heavy atom. The van der Waals surface area contributed by atoms with Crippen LogP contribution in [0.15, 0.2) is 0 Å². The fourth-order valence-corrected chi connectivity index (χ4v) is 3.04. The fourth-order valence-electron chi connectivity index (χ4n) is 2.00. The van der Waals surface area contributed by atoms with Crippen molar-refractivity contribution in [1.29, 1.82) is 0 Å². The van der Waals surface area contributed by atoms with Gasteiger partial charge < -0.3 is 0 Å². The predicted molar refractivity (Wildman–Crippen MR) is 84.4 cm³/mol. The molecule has 0 amide bonds. The second-order valence-electron chi connectivity index (χ2n) is 4.85. The number of hydrogen-bond donors (Lipinski definition) is 0. The fraction of sp³-hybridized carbons (Fsp3) is 1.00. The first-order chi connectivity index (χ1) is 8.62. The van der Waals surface area contributed by atoms with E-state index in [1.165, 1.54) is 44.9 Å². The van der Waals surface area contributed by atoms with Gasteiger partial charge in [0.2, 0.25) is 0 Å². The van der Waals surface area contributed by atoms with Crippen LogP contribution in [0.4, 0.5) is 0 Å². The zero-order valence-electron chi connectivity index (χ0n) is 12.1. The van der Waals surface area contributed by atoms with Crippen LogP contribution in [-0.4, -0.2) is 50.3 Å². The molecule has 0 N–H and O–H groups in total. The summed E-state index contributed by atoms with van der Waals surface area (Å²) in [4.78, 5) is 0. The van der Waals surface area contributed by atoms with Crippen LogP contribution in [0.2, 0.25) is 0 Å². The Labute approximate surface area is 142 Å². The molecule has 0 aliphatic heterocycles. The van der Waals surface area contributed by atoms with Gasteiger partial charge in [0.25, 0.3) is 10.1 Å². The predicted octanol–water partition coefficient (Wildman–Crippen LogP) is 3.63. The number of hydrogen-bond acceptors (Lipinski definition) is 3. The average Bonchev–Trinajstić information content (AvgIpc) is 2.31. The topological polar surface area (TPSA) is 43.4 Å². The first kappa shape index (κ1) is 22.2. The van der Waals surface area contributed by atoms with Crippen LogP contribution in [-0.2, 0) is 14.3 Å². The number of rotatable bonds is 13. The standard InChI is InChI=1S/C14H30O3S.Na.H/c1-3-5-6-7-8-9-10-11-12-13-14-18(15,16)17-4-2;;/h3-14H2,1-2H3;;. The zero-order chi connectivity index (χ0) is 13.7. The monoisotopic (exact) mass is 302 g/mol. The van der Waals surface area contributed by atoms with E-state index in [0.717, 1.165) is 19.3 Å². The third-order valence-electron chi connectivity index (χ3n) is 3.05. The first-order valence-electron chi connectivity index (χ1n) is 7.49. The molecule has 0 heterocycles. The summed E-state index contributed by atoms with van der Waals surface area (Å²) in [5.74, 6) is 0.178. The van der Waals surface area contributed by atoms with Crippen LogP contribution in [0.1, 0.15) is 78.1 Å². The van der Waals surface area contributed by atoms with Gasteiger partial charge in [-0.15, -0.1) is 0 Å². The van der Waals surface area contributed by atoms with E-state index in [1.54, 1.807) is 6.92 Å². The summed E-state index contributed by atoms with van der Waals surface area (Å²) < 4.78 is 27.2. The van der Waals surface area contributed by atoms with E-state index < -0.39 is 10.1 Å². The molecule has 0 saturated carbocycles. The van der Waals surface area contributed by atoms with E-state index in [9.17, 15) is 8.42 Å². The Kier molecular flexibility index (Phi) is 17.9. The van der Waals surface area contributed by atoms with Gasteiger partial charge in [0, 0.05) is 0 Å². The first-order valence-corrected chi connectivity index (χ1v) is 9.07. The van der Waals surface area contributed by atoms with E-state index in [-0.39, 0.29) is 41.9 Å². The molecule has 0 radical (unpaired) electrons. The van der Waals surface area contributed by atoms with E-state index >= 15 is 0 Å². The van der Waals surface area contributed by atoms with Crippen LogP contribution in [0.3, 0.4) is 0 Å². The summed E-state index contributed by atoms with van der Waals surface area (Å²) in [7, 11) is -3.24. The average molecular weight is 302 g/mol. The second kappa shape index (κ2) is 15.3. The van der Waals surface area contributed by atoms with Gasteiger partial charge in [0.1, 0.15) is 0 Å². The van der Waals surface area contributed by atoms with Crippen molar-refractivity contribution in [2.75, 3.05) is 12.4 Å². The summed E-state index contributed by atoms with van der Waals surface area (Å²) in [6.45, 7) is 4.19. The van der Waals surface area contributed by atoms with Gasteiger partial charge >= 0.3 is 29.6 Å². The third-order valence-corrected chi connectivity index (χ3v) is 4.43. The van der Waals surface area contributed by atoms with Gasteiger partial charge in [-0.1, -0.05) is 64.7 Å². The Balaban J connectivity index is 0. The molecule has 0 bridgehead atoms. The number of unbranched alkanes of at least 4 members (excludes halogenated alkanes) is 9. The summed E-state index contributed by atoms with van der Waals surface area (Å²) in [5, 5.41) is 0. The van der Waals surface area contributed by atoms with Crippen molar-refractivity contribution in [2.24, 2.45) is 0 Å². The van der Waals surface area contributed by atoms with Gasteiger partial charge in [0.15, 0.2) is 0 Å². The summed E-state index contributed by atoms with van der Waals surface area (Å²) in [6, 6.07) is 0. The Morgan fingerprint density at radius 1 is 0.737 bits per heavy atom. The molecule has 19 heavy (non-hydrogen) atoms. The minimum absolute atomic E-state index is 0. The van der Waals surface area contributed by atoms with Gasteiger partial charge in [-0.3, -0.25) is 4.18 Å². The normalized spacial score (nSPS) is 11.3. The molecule has 0 atom stereocenters. The Morgan fingerprint density at radius 3 is 1.58 bits per heavy atom. The Bertz CT molecular complexity index is 266. The van der Waals surface area contributed by atoms with E-state index in [0.29, 0.717) is 0 Å². The molecule has 0 fully saturated rings. The van der Waals surface area contributed by atoms with Crippen LogP contribution in [0.25, 0.3) is 0 Å². The van der Waals surface area contributed by atoms with Crippen LogP contribution >= 0.6 is 0 Å². The van der Waals surface area contributed by atoms with Crippen LogP contribution in [0.5, 0.6) is 0 Å². The molecule has 0 spiro atoms. The third kappa shape index (κ3) is 16.9. The van der Waals surface area contributed by atoms with Gasteiger partial charge in [0.05, 0.1) is 12.4 Å². The molecule has 3 nitrogen and oxygen atoms in total. The van der Waals surface area contributed by atoms with Gasteiger partial charge in [-0.2, -0.15) is 8.42 Å². The Hall–Kier alpha value is 0.910. The summed E-state index contributed by atoms with van der Waals surface area (Å²) in [6.07, 6.45) is 12.1. The molecule has 5 heteroatoms. The van der Waals surface area contributed by atoms with Crippen molar-refractivity contribution in [1.82, 2.24) is 0 Å². The SMILES string of the molecule is CCCCCCCCCCCCS(=O)(=O)OCC.[NaH]. The molecule has 0 aromatic carbocycles. The van der Waals surface area contributed by atoms with Crippen molar-refractivity contribution in [3.8, 4) is 0 Å². The molecule has 0 aliphatic rings. The molecule has 0 unspecified atom stereocenters. The van der Waals surface area contributed by atoms with Crippen molar-refractivity contribution in [3.05, 3.63) is 0 Å². The molecular weight excluding hydrogens is 271 g/mol. The molecule has 0 aromatic rings. The second-order valence-corrected chi connectivity index (χ2v) is 6.61. The molecular formula is C14H31NaO3S. The molecule has 0 aromatic heterocycles. The zero-order valence-corrected chi connectivity index (χ0v) is 12.9. The van der Waals surface area contributed by atoms with Crippen molar-refractivity contribution < 1.29 is 12.6 Å². The maximum atomic E-state index is 11.2. The van der Waals surface area contributed by atoms with Crippen LogP contribution < -0.4 is 0 Å². The van der Waals surface area contributed by atoms with E-state index in [2.05, 4.69) is 11.1 Å². The van der Waals surface area contributed by atoms with E-state index in [4.69, 9.17) is 0 Å².